The summed E-state index contributed by atoms with van der Waals surface area (Å²) in [6.07, 6.45) is 2.58. The Bertz CT molecular complexity index is 211. The van der Waals surface area contributed by atoms with Crippen LogP contribution in [0.25, 0.3) is 0 Å². The third-order valence-electron chi connectivity index (χ3n) is 1.93. The number of methoxy groups -OCH3 is 1. The third kappa shape index (κ3) is 1.65. The zero-order chi connectivity index (χ0) is 9.19. The molecule has 0 aromatic rings. The average Bonchev–Trinajstić information content (AvgIpc) is 2.02. The summed E-state index contributed by atoms with van der Waals surface area (Å²) in [7, 11) is 1.21. The highest BCUT2D eigenvalue weighted by Gasteiger charge is 2.39. The van der Waals surface area contributed by atoms with Gasteiger partial charge in [-0.25, -0.2) is 4.79 Å². The average molecular weight is 172 g/mol. The van der Waals surface area contributed by atoms with Crippen LogP contribution in [0.2, 0.25) is 0 Å². The topological polar surface area (TPSA) is 66.8 Å². The molecule has 2 atom stereocenters. The zero-order valence-electron chi connectivity index (χ0n) is 6.86. The van der Waals surface area contributed by atoms with Crippen LogP contribution in [0.15, 0.2) is 12.2 Å². The molecule has 0 saturated carbocycles. The number of carbonyl (C=O) groups excluding carboxylic acids is 1. The van der Waals surface area contributed by atoms with Crippen molar-refractivity contribution in [2.75, 3.05) is 7.11 Å². The van der Waals surface area contributed by atoms with Gasteiger partial charge in [-0.1, -0.05) is 12.2 Å². The van der Waals surface area contributed by atoms with Crippen molar-refractivity contribution >= 4 is 5.97 Å². The highest BCUT2D eigenvalue weighted by Crippen LogP contribution is 2.24. The molecule has 0 aliphatic heterocycles. The van der Waals surface area contributed by atoms with Gasteiger partial charge in [0.2, 0.25) is 0 Å². The monoisotopic (exact) mass is 172 g/mol. The second-order valence-corrected chi connectivity index (χ2v) is 2.93. The molecule has 0 aromatic heterocycles. The lowest BCUT2D eigenvalue weighted by molar-refractivity contribution is -0.165. The van der Waals surface area contributed by atoms with Crippen molar-refractivity contribution in [1.82, 2.24) is 0 Å². The van der Waals surface area contributed by atoms with Crippen LogP contribution in [0.3, 0.4) is 0 Å². The van der Waals surface area contributed by atoms with E-state index in [4.69, 9.17) is 5.11 Å². The van der Waals surface area contributed by atoms with Crippen LogP contribution >= 0.6 is 0 Å². The Morgan fingerprint density at radius 1 is 1.75 bits per heavy atom. The number of ether oxygens (including phenoxy) is 1. The molecule has 4 nitrogen and oxygen atoms in total. The molecule has 0 aromatic carbocycles. The molecule has 0 spiro atoms. The van der Waals surface area contributed by atoms with Gasteiger partial charge in [0.05, 0.1) is 13.2 Å². The second kappa shape index (κ2) is 3.25. The molecule has 0 saturated heterocycles. The molecule has 1 rings (SSSR count). The summed E-state index contributed by atoms with van der Waals surface area (Å²) in [5, 5.41) is 18.8. The molecule has 12 heavy (non-hydrogen) atoms. The standard InChI is InChI=1S/C8H12O4/c1-12-7(10)8(11)4-2-3-6(9)5-8/h2-3,6,9,11H,4-5H2,1H3. The molecule has 1 aliphatic carbocycles. The second-order valence-electron chi connectivity index (χ2n) is 2.93. The summed E-state index contributed by atoms with van der Waals surface area (Å²) < 4.78 is 4.41. The van der Waals surface area contributed by atoms with E-state index in [0.29, 0.717) is 0 Å². The van der Waals surface area contributed by atoms with Crippen LogP contribution in [0.5, 0.6) is 0 Å². The minimum Gasteiger partial charge on any atom is -0.467 e. The fourth-order valence-electron chi connectivity index (χ4n) is 1.27. The summed E-state index contributed by atoms with van der Waals surface area (Å²) in [5.41, 5.74) is -1.54. The molecule has 0 fully saturated rings. The number of hydrogen-bond acceptors (Lipinski definition) is 4. The van der Waals surface area contributed by atoms with Gasteiger partial charge in [-0.15, -0.1) is 0 Å². The van der Waals surface area contributed by atoms with Crippen LogP contribution in [-0.4, -0.2) is 35.0 Å². The lowest BCUT2D eigenvalue weighted by Gasteiger charge is -2.28. The minimum absolute atomic E-state index is 0.0101. The van der Waals surface area contributed by atoms with Gasteiger partial charge in [0.1, 0.15) is 0 Å². The predicted octanol–water partition coefficient (Wildman–Crippen LogP) is -0.399. The first-order valence-corrected chi connectivity index (χ1v) is 3.74. The summed E-state index contributed by atoms with van der Waals surface area (Å²) in [6.45, 7) is 0. The van der Waals surface area contributed by atoms with Crippen molar-refractivity contribution in [3.63, 3.8) is 0 Å². The normalized spacial score (nSPS) is 34.8. The van der Waals surface area contributed by atoms with Gasteiger partial charge in [0, 0.05) is 12.8 Å². The summed E-state index contributed by atoms with van der Waals surface area (Å²) in [4.78, 5) is 11.0. The molecule has 1 aliphatic rings. The van der Waals surface area contributed by atoms with Gasteiger partial charge < -0.3 is 14.9 Å². The van der Waals surface area contributed by atoms with Crippen molar-refractivity contribution < 1.29 is 19.7 Å². The van der Waals surface area contributed by atoms with Crippen molar-refractivity contribution in [2.45, 2.75) is 24.5 Å². The molecule has 0 bridgehead atoms. The maximum Gasteiger partial charge on any atom is 0.338 e. The van der Waals surface area contributed by atoms with Crippen molar-refractivity contribution in [3.05, 3.63) is 12.2 Å². The van der Waals surface area contributed by atoms with Crippen LogP contribution < -0.4 is 0 Å². The SMILES string of the molecule is COC(=O)C1(O)CC=CC(O)C1. The van der Waals surface area contributed by atoms with Crippen LogP contribution in [0.1, 0.15) is 12.8 Å². The van der Waals surface area contributed by atoms with E-state index >= 15 is 0 Å². The van der Waals surface area contributed by atoms with E-state index in [2.05, 4.69) is 4.74 Å². The van der Waals surface area contributed by atoms with E-state index in [-0.39, 0.29) is 12.8 Å². The fourth-order valence-corrected chi connectivity index (χ4v) is 1.27. The number of aliphatic hydroxyl groups excluding tert-OH is 1. The lowest BCUT2D eigenvalue weighted by atomic mass is 9.88. The Balaban J connectivity index is 2.72. The number of carbonyl (C=O) groups is 1. The largest absolute Gasteiger partial charge is 0.467 e. The van der Waals surface area contributed by atoms with Crippen LogP contribution in [-0.2, 0) is 9.53 Å². The zero-order valence-corrected chi connectivity index (χ0v) is 6.86. The molecule has 68 valence electrons. The predicted molar refractivity (Wildman–Crippen MR) is 41.3 cm³/mol. The molecular weight excluding hydrogens is 160 g/mol. The highest BCUT2D eigenvalue weighted by atomic mass is 16.5. The molecule has 4 heteroatoms. The summed E-state index contributed by atoms with van der Waals surface area (Å²) in [6, 6.07) is 0. The van der Waals surface area contributed by atoms with Gasteiger partial charge in [0.15, 0.2) is 5.60 Å². The number of aliphatic hydroxyl groups is 2. The molecular formula is C8H12O4. The smallest absolute Gasteiger partial charge is 0.338 e. The Morgan fingerprint density at radius 2 is 2.42 bits per heavy atom. The van der Waals surface area contributed by atoms with Gasteiger partial charge in [-0.3, -0.25) is 0 Å². The summed E-state index contributed by atoms with van der Waals surface area (Å²) >= 11 is 0. The van der Waals surface area contributed by atoms with Crippen molar-refractivity contribution in [2.24, 2.45) is 0 Å². The van der Waals surface area contributed by atoms with Gasteiger partial charge in [-0.2, -0.15) is 0 Å². The quantitative estimate of drug-likeness (QED) is 0.417. The maximum absolute atomic E-state index is 11.0. The minimum atomic E-state index is -1.54. The van der Waals surface area contributed by atoms with Gasteiger partial charge in [0.25, 0.3) is 0 Å². The van der Waals surface area contributed by atoms with Gasteiger partial charge >= 0.3 is 5.97 Å². The summed E-state index contributed by atoms with van der Waals surface area (Å²) in [5.74, 6) is -0.689. The Morgan fingerprint density at radius 3 is 2.92 bits per heavy atom. The van der Waals surface area contributed by atoms with Crippen molar-refractivity contribution in [1.29, 1.82) is 0 Å². The van der Waals surface area contributed by atoms with Crippen molar-refractivity contribution in [3.8, 4) is 0 Å². The first-order valence-electron chi connectivity index (χ1n) is 3.74. The first-order chi connectivity index (χ1) is 5.58. The number of hydrogen-bond donors (Lipinski definition) is 2. The van der Waals surface area contributed by atoms with E-state index in [9.17, 15) is 9.90 Å². The molecule has 2 unspecified atom stereocenters. The first kappa shape index (κ1) is 9.22. The van der Waals surface area contributed by atoms with E-state index in [0.717, 1.165) is 0 Å². The molecule has 0 amide bonds. The Kier molecular flexibility index (Phi) is 2.49. The van der Waals surface area contributed by atoms with Crippen LogP contribution in [0, 0.1) is 0 Å². The highest BCUT2D eigenvalue weighted by molar-refractivity contribution is 5.79. The molecule has 2 N–H and O–H groups in total. The number of rotatable bonds is 1. The lowest BCUT2D eigenvalue weighted by Crippen LogP contribution is -2.43. The Hall–Kier alpha value is -0.870. The van der Waals surface area contributed by atoms with E-state index in [1.165, 1.54) is 7.11 Å². The van der Waals surface area contributed by atoms with E-state index in [1.807, 2.05) is 0 Å². The third-order valence-corrected chi connectivity index (χ3v) is 1.93. The Labute approximate surface area is 70.5 Å². The van der Waals surface area contributed by atoms with Gasteiger partial charge in [-0.05, 0) is 0 Å². The van der Waals surface area contributed by atoms with Crippen LogP contribution in [0.4, 0.5) is 0 Å². The number of esters is 1. The maximum atomic E-state index is 11.0. The molecule has 0 heterocycles. The van der Waals surface area contributed by atoms with E-state index < -0.39 is 17.7 Å². The van der Waals surface area contributed by atoms with E-state index in [1.54, 1.807) is 12.2 Å². The molecule has 0 radical (unpaired) electrons. The fraction of sp³-hybridized carbons (Fsp3) is 0.625.